The minimum absolute atomic E-state index is 0.273. The summed E-state index contributed by atoms with van der Waals surface area (Å²) >= 11 is 0. The lowest BCUT2D eigenvalue weighted by molar-refractivity contribution is -0.138. The maximum Gasteiger partial charge on any atom is 0.311 e. The quantitative estimate of drug-likeness (QED) is 0.628. The van der Waals surface area contributed by atoms with Crippen LogP contribution < -0.4 is 5.30 Å². The summed E-state index contributed by atoms with van der Waals surface area (Å²) in [6, 6.07) is 15.7. The molecule has 1 heterocycles. The highest BCUT2D eigenvalue weighted by Gasteiger charge is 2.33. The topological polar surface area (TPSA) is 90.4 Å². The Balaban J connectivity index is 1.99. The van der Waals surface area contributed by atoms with Gasteiger partial charge in [0.1, 0.15) is 0 Å². The molecule has 0 saturated carbocycles. The van der Waals surface area contributed by atoms with Crippen molar-refractivity contribution in [1.29, 1.82) is 0 Å². The lowest BCUT2D eigenvalue weighted by atomic mass is 10.0. The van der Waals surface area contributed by atoms with Crippen molar-refractivity contribution in [2.75, 3.05) is 6.16 Å². The Labute approximate surface area is 133 Å². The van der Waals surface area contributed by atoms with E-state index in [1.807, 2.05) is 12.1 Å². The zero-order valence-corrected chi connectivity index (χ0v) is 13.1. The van der Waals surface area contributed by atoms with Crippen LogP contribution in [0.3, 0.4) is 0 Å². The highest BCUT2D eigenvalue weighted by atomic mass is 31.2. The molecule has 23 heavy (non-hydrogen) atoms. The van der Waals surface area contributed by atoms with Crippen molar-refractivity contribution in [2.45, 2.75) is 5.92 Å². The second-order valence-corrected chi connectivity index (χ2v) is 7.66. The summed E-state index contributed by atoms with van der Waals surface area (Å²) < 4.78 is 12.9. The number of aliphatic carboxylic acids is 1. The molecule has 2 aromatic carbocycles. The highest BCUT2D eigenvalue weighted by Crippen LogP contribution is 2.45. The fraction of sp³-hybridized carbons (Fsp3) is 0.118. The molecule has 5 nitrogen and oxygen atoms in total. The molecule has 0 bridgehead atoms. The fourth-order valence-corrected chi connectivity index (χ4v) is 4.60. The van der Waals surface area contributed by atoms with Crippen LogP contribution >= 0.6 is 7.37 Å². The summed E-state index contributed by atoms with van der Waals surface area (Å²) in [4.78, 5) is 25.1. The molecule has 118 valence electrons. The van der Waals surface area contributed by atoms with Gasteiger partial charge in [-0.1, -0.05) is 48.5 Å². The van der Waals surface area contributed by atoms with E-state index in [1.165, 1.54) is 6.20 Å². The average molecular weight is 329 g/mol. The van der Waals surface area contributed by atoms with E-state index in [1.54, 1.807) is 42.5 Å². The third-order valence-electron chi connectivity index (χ3n) is 3.87. The predicted molar refractivity (Wildman–Crippen MR) is 89.4 cm³/mol. The molecule has 2 unspecified atom stereocenters. The summed E-state index contributed by atoms with van der Waals surface area (Å²) in [7, 11) is -3.83. The second kappa shape index (κ2) is 6.03. The third-order valence-corrected chi connectivity index (χ3v) is 5.86. The summed E-state index contributed by atoms with van der Waals surface area (Å²) in [5.74, 6) is -2.13. The largest absolute Gasteiger partial charge is 0.481 e. The number of benzene rings is 2. The van der Waals surface area contributed by atoms with Crippen LogP contribution in [0.1, 0.15) is 11.5 Å². The molecule has 3 rings (SSSR count). The van der Waals surface area contributed by atoms with Gasteiger partial charge < -0.3 is 15.0 Å². The van der Waals surface area contributed by atoms with Crippen molar-refractivity contribution < 1.29 is 19.4 Å². The van der Waals surface area contributed by atoms with Gasteiger partial charge in [0.2, 0.25) is 7.37 Å². The zero-order chi connectivity index (χ0) is 16.4. The molecule has 6 heteroatoms. The molecular weight excluding hydrogens is 313 g/mol. The number of H-pyrrole nitrogens is 1. The second-order valence-electron chi connectivity index (χ2n) is 5.41. The first-order valence-electron chi connectivity index (χ1n) is 7.15. The number of aromatic amines is 1. The molecule has 3 aromatic rings. The molecule has 0 saturated heterocycles. The number of carbonyl (C=O) groups is 1. The van der Waals surface area contributed by atoms with Crippen molar-refractivity contribution in [2.24, 2.45) is 0 Å². The van der Waals surface area contributed by atoms with Crippen LogP contribution in [0.15, 0.2) is 60.8 Å². The van der Waals surface area contributed by atoms with Crippen molar-refractivity contribution in [3.8, 4) is 0 Å². The predicted octanol–water partition coefficient (Wildman–Crippen LogP) is 2.93. The summed E-state index contributed by atoms with van der Waals surface area (Å²) in [5, 5.41) is 10.4. The van der Waals surface area contributed by atoms with Gasteiger partial charge in [0.15, 0.2) is 0 Å². The Bertz CT molecular complexity index is 888. The number of hydrogen-bond donors (Lipinski definition) is 3. The summed E-state index contributed by atoms with van der Waals surface area (Å²) in [6.07, 6.45) is 1.16. The van der Waals surface area contributed by atoms with Crippen molar-refractivity contribution in [1.82, 2.24) is 4.98 Å². The van der Waals surface area contributed by atoms with Gasteiger partial charge >= 0.3 is 5.97 Å². The number of hydrogen-bond acceptors (Lipinski definition) is 2. The van der Waals surface area contributed by atoms with Gasteiger partial charge in [-0.3, -0.25) is 9.36 Å². The number of carboxylic acids is 1. The van der Waals surface area contributed by atoms with E-state index < -0.39 is 19.3 Å². The Morgan fingerprint density at radius 3 is 2.43 bits per heavy atom. The number of fused-ring (bicyclic) bond motifs is 1. The van der Waals surface area contributed by atoms with E-state index in [-0.39, 0.29) is 11.5 Å². The monoisotopic (exact) mass is 329 g/mol. The molecule has 0 spiro atoms. The van der Waals surface area contributed by atoms with Crippen molar-refractivity contribution in [3.05, 3.63) is 66.4 Å². The summed E-state index contributed by atoms with van der Waals surface area (Å²) in [5.41, 5.74) is 1.28. The molecular formula is C17H16NO4P. The van der Waals surface area contributed by atoms with Crippen LogP contribution in [0, 0.1) is 0 Å². The third kappa shape index (κ3) is 3.07. The molecule has 0 aliphatic rings. The van der Waals surface area contributed by atoms with E-state index in [0.29, 0.717) is 10.9 Å². The summed E-state index contributed by atoms with van der Waals surface area (Å²) in [6.45, 7) is 0. The van der Waals surface area contributed by atoms with Gasteiger partial charge in [-0.15, -0.1) is 0 Å². The minimum Gasteiger partial charge on any atom is -0.481 e. The molecule has 0 radical (unpaired) electrons. The lowest BCUT2D eigenvalue weighted by Crippen LogP contribution is -2.19. The molecule has 1 aromatic heterocycles. The number of para-hydroxylation sites is 1. The maximum absolute atomic E-state index is 12.9. The lowest BCUT2D eigenvalue weighted by Gasteiger charge is -2.17. The average Bonchev–Trinajstić information content (AvgIpc) is 2.98. The van der Waals surface area contributed by atoms with Crippen LogP contribution in [0.4, 0.5) is 0 Å². The van der Waals surface area contributed by atoms with E-state index in [9.17, 15) is 19.4 Å². The van der Waals surface area contributed by atoms with Crippen LogP contribution in [-0.2, 0) is 9.36 Å². The molecule has 2 atom stereocenters. The van der Waals surface area contributed by atoms with Gasteiger partial charge in [0.25, 0.3) is 0 Å². The normalized spacial score (nSPS) is 15.2. The number of rotatable bonds is 5. The van der Waals surface area contributed by atoms with Gasteiger partial charge in [0, 0.05) is 23.3 Å². The molecule has 0 aliphatic heterocycles. The van der Waals surface area contributed by atoms with Crippen LogP contribution in [0.25, 0.3) is 10.9 Å². The van der Waals surface area contributed by atoms with Gasteiger partial charge in [-0.05, 0) is 11.6 Å². The smallest absolute Gasteiger partial charge is 0.311 e. The molecule has 0 fully saturated rings. The van der Waals surface area contributed by atoms with Crippen molar-refractivity contribution >= 4 is 29.5 Å². The van der Waals surface area contributed by atoms with Crippen LogP contribution in [0.2, 0.25) is 0 Å². The Morgan fingerprint density at radius 1 is 1.09 bits per heavy atom. The van der Waals surface area contributed by atoms with E-state index >= 15 is 0 Å². The maximum atomic E-state index is 12.9. The molecule has 3 N–H and O–H groups in total. The number of carboxylic acid groups (broad SMARTS) is 1. The van der Waals surface area contributed by atoms with Gasteiger partial charge in [0.05, 0.1) is 11.2 Å². The van der Waals surface area contributed by atoms with Crippen LogP contribution in [-0.4, -0.2) is 27.1 Å². The fourth-order valence-electron chi connectivity index (χ4n) is 2.70. The number of aromatic nitrogens is 1. The Kier molecular flexibility index (Phi) is 4.07. The first-order chi connectivity index (χ1) is 11.0. The first-order valence-corrected chi connectivity index (χ1v) is 9.00. The highest BCUT2D eigenvalue weighted by molar-refractivity contribution is 7.66. The standard InChI is InChI=1S/C17H16NO4P/c19-17(20)14(12-6-2-1-3-7-12)11-23(21,22)16-10-18-15-9-5-4-8-13(15)16/h1-10,14,18H,11H2,(H,19,20)(H,21,22). The van der Waals surface area contributed by atoms with Gasteiger partial charge in [-0.2, -0.15) is 0 Å². The van der Waals surface area contributed by atoms with Crippen molar-refractivity contribution in [3.63, 3.8) is 0 Å². The molecule has 0 amide bonds. The zero-order valence-electron chi connectivity index (χ0n) is 12.2. The number of nitrogens with one attached hydrogen (secondary N) is 1. The van der Waals surface area contributed by atoms with E-state index in [0.717, 1.165) is 5.52 Å². The SMILES string of the molecule is O=C(O)C(CP(=O)(O)c1c[nH]c2ccccc12)c1ccccc1. The van der Waals surface area contributed by atoms with E-state index in [2.05, 4.69) is 4.98 Å². The molecule has 0 aliphatic carbocycles. The van der Waals surface area contributed by atoms with E-state index in [4.69, 9.17) is 0 Å². The first kappa shape index (κ1) is 15.5. The Hall–Kier alpha value is -2.36. The van der Waals surface area contributed by atoms with Gasteiger partial charge in [-0.25, -0.2) is 0 Å². The van der Waals surface area contributed by atoms with Crippen LogP contribution in [0.5, 0.6) is 0 Å². The minimum atomic E-state index is -3.83. The Morgan fingerprint density at radius 2 is 1.74 bits per heavy atom.